The van der Waals surface area contributed by atoms with E-state index in [9.17, 15) is 8.42 Å². The monoisotopic (exact) mass is 461 g/mol. The van der Waals surface area contributed by atoms with Gasteiger partial charge in [0, 0.05) is 16.4 Å². The summed E-state index contributed by atoms with van der Waals surface area (Å²) >= 11 is 11.2. The lowest BCUT2D eigenvalue weighted by Gasteiger charge is -2.15. The molecule has 0 atom stereocenters. The number of para-hydroxylation sites is 2. The van der Waals surface area contributed by atoms with Crippen LogP contribution in [-0.2, 0) is 10.0 Å². The van der Waals surface area contributed by atoms with Gasteiger partial charge in [-0.15, -0.1) is 0 Å². The summed E-state index contributed by atoms with van der Waals surface area (Å²) in [7, 11) is -2.36. The van der Waals surface area contributed by atoms with Crippen LogP contribution in [0, 0.1) is 6.92 Å². The third-order valence-electron chi connectivity index (χ3n) is 4.19. The number of hydrogen-bond acceptors (Lipinski definition) is 4. The first-order valence-corrected chi connectivity index (χ1v) is 11.2. The van der Waals surface area contributed by atoms with Crippen LogP contribution < -0.4 is 20.1 Å². The number of rotatable bonds is 6. The van der Waals surface area contributed by atoms with E-state index in [1.807, 2.05) is 0 Å². The molecule has 0 aromatic heterocycles. The molecule has 3 aromatic rings. The first-order chi connectivity index (χ1) is 14.3. The molecule has 156 valence electrons. The zero-order valence-electron chi connectivity index (χ0n) is 16.3. The van der Waals surface area contributed by atoms with Gasteiger partial charge in [-0.05, 0) is 73.2 Å². The van der Waals surface area contributed by atoms with Crippen molar-refractivity contribution in [2.24, 2.45) is 0 Å². The molecule has 0 aliphatic carbocycles. The van der Waals surface area contributed by atoms with E-state index in [1.165, 1.54) is 13.2 Å². The summed E-state index contributed by atoms with van der Waals surface area (Å²) < 4.78 is 33.8. The highest BCUT2D eigenvalue weighted by Crippen LogP contribution is 2.28. The van der Waals surface area contributed by atoms with Gasteiger partial charge in [0.1, 0.15) is 5.75 Å². The largest absolute Gasteiger partial charge is 0.495 e. The van der Waals surface area contributed by atoms with Crippen molar-refractivity contribution < 1.29 is 13.2 Å². The van der Waals surface area contributed by atoms with Gasteiger partial charge in [-0.25, -0.2) is 8.42 Å². The SMILES string of the molecule is COc1ccccc1NS(=O)(=O)c1cc(NC(=S)Nc2ccc(Cl)cc2)ccc1C. The maximum atomic E-state index is 13.0. The second-order valence-electron chi connectivity index (χ2n) is 6.37. The van der Waals surface area contributed by atoms with Gasteiger partial charge in [0.25, 0.3) is 10.0 Å². The zero-order chi connectivity index (χ0) is 21.7. The summed E-state index contributed by atoms with van der Waals surface area (Å²) in [4.78, 5) is 0.132. The fraction of sp³-hybridized carbons (Fsp3) is 0.0952. The molecule has 0 aliphatic rings. The minimum absolute atomic E-state index is 0.132. The number of benzene rings is 3. The van der Waals surface area contributed by atoms with Crippen molar-refractivity contribution in [2.75, 3.05) is 22.5 Å². The lowest BCUT2D eigenvalue weighted by molar-refractivity contribution is 0.417. The maximum absolute atomic E-state index is 13.0. The van der Waals surface area contributed by atoms with E-state index < -0.39 is 10.0 Å². The lowest BCUT2D eigenvalue weighted by atomic mass is 10.2. The average Bonchev–Trinajstić information content (AvgIpc) is 2.71. The van der Waals surface area contributed by atoms with Crippen LogP contribution in [0.4, 0.5) is 17.1 Å². The normalized spacial score (nSPS) is 10.9. The smallest absolute Gasteiger partial charge is 0.262 e. The Morgan fingerprint density at radius 1 is 0.967 bits per heavy atom. The standard InChI is InChI=1S/C21H20ClN3O3S2/c1-14-7-10-17(24-21(29)23-16-11-8-15(22)9-12-16)13-20(14)30(26,27)25-18-5-3-4-6-19(18)28-2/h3-13,25H,1-2H3,(H2,23,24,29). The average molecular weight is 462 g/mol. The highest BCUT2D eigenvalue weighted by Gasteiger charge is 2.19. The summed E-state index contributed by atoms with van der Waals surface area (Å²) in [5.74, 6) is 0.432. The summed E-state index contributed by atoms with van der Waals surface area (Å²) in [6.07, 6.45) is 0. The Labute approximate surface area is 186 Å². The van der Waals surface area contributed by atoms with Gasteiger partial charge < -0.3 is 15.4 Å². The Hall–Kier alpha value is -2.81. The summed E-state index contributed by atoms with van der Waals surface area (Å²) in [6, 6.07) is 18.9. The number of methoxy groups -OCH3 is 1. The second kappa shape index (κ2) is 9.34. The Morgan fingerprint density at radius 2 is 1.60 bits per heavy atom. The minimum atomic E-state index is -3.85. The van der Waals surface area contributed by atoms with Gasteiger partial charge in [0.2, 0.25) is 0 Å². The van der Waals surface area contributed by atoms with Crippen LogP contribution in [-0.4, -0.2) is 20.6 Å². The predicted molar refractivity (Wildman–Crippen MR) is 126 cm³/mol. The third kappa shape index (κ3) is 5.41. The molecule has 0 bridgehead atoms. The molecular weight excluding hydrogens is 442 g/mol. The molecule has 3 rings (SSSR count). The molecule has 3 aromatic carbocycles. The van der Waals surface area contributed by atoms with E-state index in [4.69, 9.17) is 28.6 Å². The van der Waals surface area contributed by atoms with E-state index in [0.717, 1.165) is 5.69 Å². The molecule has 0 unspecified atom stereocenters. The van der Waals surface area contributed by atoms with Crippen molar-refractivity contribution in [1.82, 2.24) is 0 Å². The van der Waals surface area contributed by atoms with E-state index in [2.05, 4.69) is 15.4 Å². The van der Waals surface area contributed by atoms with Crippen LogP contribution in [0.3, 0.4) is 0 Å². The van der Waals surface area contributed by atoms with Crippen LogP contribution in [0.25, 0.3) is 0 Å². The number of aryl methyl sites for hydroxylation is 1. The molecule has 0 saturated carbocycles. The molecule has 30 heavy (non-hydrogen) atoms. The molecular formula is C21H20ClN3O3S2. The van der Waals surface area contributed by atoms with Gasteiger partial charge in [0.15, 0.2) is 5.11 Å². The molecule has 9 heteroatoms. The zero-order valence-corrected chi connectivity index (χ0v) is 18.7. The topological polar surface area (TPSA) is 79.5 Å². The molecule has 0 radical (unpaired) electrons. The molecule has 0 aliphatic heterocycles. The number of hydrogen-bond donors (Lipinski definition) is 3. The summed E-state index contributed by atoms with van der Waals surface area (Å²) in [6.45, 7) is 1.73. The molecule has 0 spiro atoms. The van der Waals surface area contributed by atoms with Crippen molar-refractivity contribution in [3.05, 3.63) is 77.3 Å². The Bertz CT molecular complexity index is 1170. The Morgan fingerprint density at radius 3 is 2.30 bits per heavy atom. The third-order valence-corrected chi connectivity index (χ3v) is 6.15. The number of halogens is 1. The van der Waals surface area contributed by atoms with E-state index in [-0.39, 0.29) is 4.90 Å². The Balaban J connectivity index is 1.80. The first kappa shape index (κ1) is 21.9. The van der Waals surface area contributed by atoms with Crippen LogP contribution >= 0.6 is 23.8 Å². The van der Waals surface area contributed by atoms with Crippen molar-refractivity contribution in [3.8, 4) is 5.75 Å². The number of sulfonamides is 1. The van der Waals surface area contributed by atoms with E-state index >= 15 is 0 Å². The predicted octanol–water partition coefficient (Wildman–Crippen LogP) is 5.27. The van der Waals surface area contributed by atoms with Crippen molar-refractivity contribution in [3.63, 3.8) is 0 Å². The van der Waals surface area contributed by atoms with E-state index in [0.29, 0.717) is 32.8 Å². The highest BCUT2D eigenvalue weighted by atomic mass is 35.5. The molecule has 0 heterocycles. The number of ether oxygens (including phenoxy) is 1. The second-order valence-corrected chi connectivity index (χ2v) is 8.87. The summed E-state index contributed by atoms with van der Waals surface area (Å²) in [5.41, 5.74) is 2.25. The van der Waals surface area contributed by atoms with Crippen LogP contribution in [0.15, 0.2) is 71.6 Å². The summed E-state index contributed by atoms with van der Waals surface area (Å²) in [5, 5.41) is 6.97. The van der Waals surface area contributed by atoms with Crippen molar-refractivity contribution in [1.29, 1.82) is 0 Å². The van der Waals surface area contributed by atoms with Crippen molar-refractivity contribution in [2.45, 2.75) is 11.8 Å². The molecule has 0 amide bonds. The highest BCUT2D eigenvalue weighted by molar-refractivity contribution is 7.92. The first-order valence-electron chi connectivity index (χ1n) is 8.88. The van der Waals surface area contributed by atoms with Crippen LogP contribution in [0.2, 0.25) is 5.02 Å². The quantitative estimate of drug-likeness (QED) is 0.434. The number of anilines is 3. The van der Waals surface area contributed by atoms with Gasteiger partial charge in [-0.1, -0.05) is 29.8 Å². The van der Waals surface area contributed by atoms with E-state index in [1.54, 1.807) is 67.6 Å². The fourth-order valence-electron chi connectivity index (χ4n) is 2.72. The Kier molecular flexibility index (Phi) is 6.81. The van der Waals surface area contributed by atoms with Gasteiger partial charge >= 0.3 is 0 Å². The molecule has 0 saturated heterocycles. The van der Waals surface area contributed by atoms with Crippen LogP contribution in [0.1, 0.15) is 5.56 Å². The van der Waals surface area contributed by atoms with Crippen LogP contribution in [0.5, 0.6) is 5.75 Å². The molecule has 6 nitrogen and oxygen atoms in total. The van der Waals surface area contributed by atoms with Crippen molar-refractivity contribution >= 4 is 56.0 Å². The van der Waals surface area contributed by atoms with Gasteiger partial charge in [-0.2, -0.15) is 0 Å². The fourth-order valence-corrected chi connectivity index (χ4v) is 4.43. The molecule has 3 N–H and O–H groups in total. The number of nitrogens with one attached hydrogen (secondary N) is 3. The van der Waals surface area contributed by atoms with Gasteiger partial charge in [-0.3, -0.25) is 4.72 Å². The molecule has 0 fully saturated rings. The minimum Gasteiger partial charge on any atom is -0.495 e. The maximum Gasteiger partial charge on any atom is 0.262 e. The lowest BCUT2D eigenvalue weighted by Crippen LogP contribution is -2.20. The number of thiocarbonyl (C=S) groups is 1. The van der Waals surface area contributed by atoms with Gasteiger partial charge in [0.05, 0.1) is 17.7 Å².